The summed E-state index contributed by atoms with van der Waals surface area (Å²) in [6.07, 6.45) is -4.56. The van der Waals surface area contributed by atoms with Crippen LogP contribution in [0.1, 0.15) is 16.8 Å². The molecule has 5 heteroatoms. The van der Waals surface area contributed by atoms with Crippen molar-refractivity contribution in [2.45, 2.75) is 6.18 Å². The highest BCUT2D eigenvalue weighted by atomic mass is 35.5. The molecule has 0 N–H and O–H groups in total. The molecule has 0 fully saturated rings. The molecule has 1 rings (SSSR count). The second kappa shape index (κ2) is 3.18. The van der Waals surface area contributed by atoms with Gasteiger partial charge in [0.15, 0.2) is 0 Å². The molecule has 1 aromatic rings. The van der Waals surface area contributed by atoms with E-state index in [1.54, 1.807) is 0 Å². The predicted molar refractivity (Wildman–Crippen MR) is 41.1 cm³/mol. The summed E-state index contributed by atoms with van der Waals surface area (Å²) in [5, 5.41) is -0.438. The Labute approximate surface area is 78.5 Å². The van der Waals surface area contributed by atoms with Crippen molar-refractivity contribution in [2.75, 3.05) is 0 Å². The van der Waals surface area contributed by atoms with Gasteiger partial charge in [-0.1, -0.05) is 11.6 Å². The van der Waals surface area contributed by atoms with Gasteiger partial charge in [-0.3, -0.25) is 0 Å². The van der Waals surface area contributed by atoms with E-state index in [1.807, 2.05) is 0 Å². The van der Waals surface area contributed by atoms with Gasteiger partial charge in [0.05, 0.1) is 0 Å². The van der Waals surface area contributed by atoms with Crippen molar-refractivity contribution >= 4 is 11.6 Å². The number of pyridine rings is 1. The maximum absolute atomic E-state index is 12.1. The van der Waals surface area contributed by atoms with E-state index in [-0.39, 0.29) is 11.1 Å². The molecule has 4 radical (unpaired) electrons. The van der Waals surface area contributed by atoms with E-state index in [0.717, 1.165) is 0 Å². The van der Waals surface area contributed by atoms with Gasteiger partial charge in [-0.25, -0.2) is 4.98 Å². The minimum atomic E-state index is -4.56. The van der Waals surface area contributed by atoms with Crippen LogP contribution >= 0.6 is 11.6 Å². The third-order valence-corrected chi connectivity index (χ3v) is 1.62. The zero-order valence-corrected chi connectivity index (χ0v) is 6.95. The zero-order valence-electron chi connectivity index (χ0n) is 6.19. The van der Waals surface area contributed by atoms with E-state index >= 15 is 0 Å². The van der Waals surface area contributed by atoms with Gasteiger partial charge in [0, 0.05) is 6.92 Å². The second-order valence-electron chi connectivity index (χ2n) is 2.30. The van der Waals surface area contributed by atoms with Crippen molar-refractivity contribution in [1.82, 2.24) is 4.98 Å². The lowest BCUT2D eigenvalue weighted by Gasteiger charge is -2.08. The average molecular weight is 206 g/mol. The first-order chi connectivity index (χ1) is 5.82. The normalized spacial score (nSPS) is 11.8. The van der Waals surface area contributed by atoms with E-state index < -0.39 is 17.0 Å². The van der Waals surface area contributed by atoms with E-state index in [0.29, 0.717) is 6.07 Å². The molecule has 0 aliphatic carbocycles. The fraction of sp³-hybridized carbons (Fsp3) is 0.125. The topological polar surface area (TPSA) is 12.9 Å². The number of rotatable bonds is 0. The smallest absolute Gasteiger partial charge is 0.231 e. The van der Waals surface area contributed by atoms with Crippen molar-refractivity contribution in [2.24, 2.45) is 0 Å². The average Bonchev–Trinajstić information content (AvgIpc) is 1.97. The van der Waals surface area contributed by atoms with Gasteiger partial charge in [0.2, 0.25) is 0 Å². The molecule has 0 aliphatic heterocycles. The highest BCUT2D eigenvalue weighted by Gasteiger charge is 2.33. The van der Waals surface area contributed by atoms with Crippen molar-refractivity contribution in [1.29, 1.82) is 0 Å². The van der Waals surface area contributed by atoms with Crippen LogP contribution in [0.3, 0.4) is 0 Å². The van der Waals surface area contributed by atoms with Gasteiger partial charge in [-0.05, 0) is 24.1 Å². The molecule has 0 aliphatic rings. The quantitative estimate of drug-likeness (QED) is 0.594. The Balaban J connectivity index is 3.29. The van der Waals surface area contributed by atoms with Crippen LogP contribution < -0.4 is 0 Å². The molecule has 0 aromatic carbocycles. The first-order valence-electron chi connectivity index (χ1n) is 3.11. The van der Waals surface area contributed by atoms with Gasteiger partial charge < -0.3 is 0 Å². The summed E-state index contributed by atoms with van der Waals surface area (Å²) in [5.74, 6) is 0. The summed E-state index contributed by atoms with van der Waals surface area (Å²) in [4.78, 5) is 3.04. The van der Waals surface area contributed by atoms with Crippen LogP contribution in [0.5, 0.6) is 0 Å². The number of hydrogen-bond donors (Lipinski definition) is 0. The standard InChI is InChI=1S/C8H3ClF3N/c1-4-3-6(8(10,11)12)13-7(9)5(4)2/h1-3H. The van der Waals surface area contributed by atoms with Crippen LogP contribution in [0.2, 0.25) is 5.15 Å². The molecule has 0 amide bonds. The molecule has 1 heterocycles. The summed E-state index contributed by atoms with van der Waals surface area (Å²) < 4.78 is 36.2. The van der Waals surface area contributed by atoms with Crippen LogP contribution in [0.4, 0.5) is 13.2 Å². The lowest BCUT2D eigenvalue weighted by molar-refractivity contribution is -0.141. The molecule has 0 unspecified atom stereocenters. The molecule has 0 atom stereocenters. The third kappa shape index (κ3) is 2.12. The fourth-order valence-electron chi connectivity index (χ4n) is 0.688. The third-order valence-electron chi connectivity index (χ3n) is 1.33. The van der Waals surface area contributed by atoms with Crippen LogP contribution in [0.25, 0.3) is 0 Å². The van der Waals surface area contributed by atoms with Crippen LogP contribution in [-0.2, 0) is 6.18 Å². The van der Waals surface area contributed by atoms with E-state index in [2.05, 4.69) is 4.98 Å². The van der Waals surface area contributed by atoms with Gasteiger partial charge in [-0.15, -0.1) is 0 Å². The van der Waals surface area contributed by atoms with Crippen LogP contribution in [0, 0.1) is 13.8 Å². The zero-order chi connectivity index (χ0) is 10.2. The van der Waals surface area contributed by atoms with Crippen molar-refractivity contribution in [3.63, 3.8) is 0 Å². The summed E-state index contributed by atoms with van der Waals surface area (Å²) in [5.41, 5.74) is -1.52. The maximum atomic E-state index is 12.1. The Kier molecular flexibility index (Phi) is 2.52. The lowest BCUT2D eigenvalue weighted by Crippen LogP contribution is -2.09. The van der Waals surface area contributed by atoms with Gasteiger partial charge in [-0.2, -0.15) is 13.2 Å². The lowest BCUT2D eigenvalue weighted by atomic mass is 10.1. The molecular weight excluding hydrogens is 203 g/mol. The Morgan fingerprint density at radius 3 is 2.23 bits per heavy atom. The highest BCUT2D eigenvalue weighted by molar-refractivity contribution is 6.30. The largest absolute Gasteiger partial charge is 0.433 e. The van der Waals surface area contributed by atoms with Crippen molar-refractivity contribution in [3.8, 4) is 0 Å². The summed E-state index contributed by atoms with van der Waals surface area (Å²) >= 11 is 5.31. The number of halogens is 4. The number of nitrogens with zero attached hydrogens (tertiary/aromatic N) is 1. The molecule has 0 bridgehead atoms. The number of alkyl halides is 3. The molecule has 1 nitrogen and oxygen atoms in total. The van der Waals surface area contributed by atoms with Gasteiger partial charge >= 0.3 is 6.18 Å². The molecule has 13 heavy (non-hydrogen) atoms. The van der Waals surface area contributed by atoms with E-state index in [9.17, 15) is 13.2 Å². The minimum absolute atomic E-state index is 0.144. The SMILES string of the molecule is [CH]c1cc(C(F)(F)F)nc(Cl)c1[CH]. The van der Waals surface area contributed by atoms with Crippen molar-refractivity contribution in [3.05, 3.63) is 41.9 Å². The molecule has 0 spiro atoms. The minimum Gasteiger partial charge on any atom is -0.231 e. The molecule has 0 saturated carbocycles. The van der Waals surface area contributed by atoms with Gasteiger partial charge in [0.1, 0.15) is 10.8 Å². The predicted octanol–water partition coefficient (Wildman–Crippen LogP) is 2.87. The Hall–Kier alpha value is -0.770. The second-order valence-corrected chi connectivity index (χ2v) is 2.66. The molecular formula is C8H3ClF3N. The van der Waals surface area contributed by atoms with Crippen molar-refractivity contribution < 1.29 is 13.2 Å². The Morgan fingerprint density at radius 2 is 1.85 bits per heavy atom. The number of hydrogen-bond acceptors (Lipinski definition) is 1. The monoisotopic (exact) mass is 205 g/mol. The molecule has 0 saturated heterocycles. The summed E-state index contributed by atoms with van der Waals surface area (Å²) in [6, 6.07) is 0.640. The molecule has 1 aromatic heterocycles. The fourth-order valence-corrected chi connectivity index (χ4v) is 0.888. The first kappa shape index (κ1) is 10.3. The summed E-state index contributed by atoms with van der Waals surface area (Å²) in [7, 11) is 0. The summed E-state index contributed by atoms with van der Waals surface area (Å²) in [6.45, 7) is 10.4. The maximum Gasteiger partial charge on any atom is 0.433 e. The Bertz CT molecular complexity index is 310. The first-order valence-corrected chi connectivity index (χ1v) is 3.49. The number of aromatic nitrogens is 1. The van der Waals surface area contributed by atoms with Crippen LogP contribution in [-0.4, -0.2) is 4.98 Å². The van der Waals surface area contributed by atoms with Gasteiger partial charge in [0.25, 0.3) is 0 Å². The van der Waals surface area contributed by atoms with Crippen LogP contribution in [0.15, 0.2) is 6.07 Å². The van der Waals surface area contributed by atoms with E-state index in [4.69, 9.17) is 25.4 Å². The highest BCUT2D eigenvalue weighted by Crippen LogP contribution is 2.30. The van der Waals surface area contributed by atoms with E-state index in [1.165, 1.54) is 0 Å². The Morgan fingerprint density at radius 1 is 1.31 bits per heavy atom. The molecule has 68 valence electrons.